The van der Waals surface area contributed by atoms with E-state index in [1.54, 1.807) is 0 Å². The van der Waals surface area contributed by atoms with Gasteiger partial charge in [-0.25, -0.2) is 9.79 Å². The first-order chi connectivity index (χ1) is 31.1. The van der Waals surface area contributed by atoms with Crippen LogP contribution in [0, 0.1) is 0 Å². The van der Waals surface area contributed by atoms with E-state index in [2.05, 4.69) is 10.3 Å². The molecule has 0 unspecified atom stereocenters. The highest BCUT2D eigenvalue weighted by atomic mass is 19.4. The van der Waals surface area contributed by atoms with Crippen LogP contribution in [0.1, 0.15) is 61.8 Å². The predicted octanol–water partition coefficient (Wildman–Crippen LogP) is 0.673. The monoisotopic (exact) mass is 966 g/mol. The van der Waals surface area contributed by atoms with E-state index in [1.165, 1.54) is 18.2 Å². The van der Waals surface area contributed by atoms with E-state index in [0.717, 1.165) is 60.6 Å². The van der Waals surface area contributed by atoms with Crippen LogP contribution in [0.25, 0.3) is 0 Å². The maximum Gasteiger partial charge on any atom is 0.468 e. The Hall–Kier alpha value is -6.45. The third-order valence-electron chi connectivity index (χ3n) is 9.03. The molecule has 2 saturated heterocycles. The number of carbonyl (C=O) groups is 9. The number of carbonyl (C=O) groups excluding carboxylic acids is 9. The molecule has 0 aromatic heterocycles. The van der Waals surface area contributed by atoms with Crippen LogP contribution < -0.4 is 5.32 Å². The first kappa shape index (κ1) is 54.9. The number of amides is 1. The van der Waals surface area contributed by atoms with Crippen molar-refractivity contribution in [3.8, 4) is 0 Å². The van der Waals surface area contributed by atoms with Gasteiger partial charge in [-0.1, -0.05) is 18.2 Å². The van der Waals surface area contributed by atoms with Gasteiger partial charge in [-0.3, -0.25) is 38.4 Å². The lowest BCUT2D eigenvalue weighted by Gasteiger charge is -2.54. The third-order valence-corrected chi connectivity index (χ3v) is 9.03. The predicted molar refractivity (Wildman–Crippen MR) is 208 cm³/mol. The lowest BCUT2D eigenvalue weighted by atomic mass is 9.87. The van der Waals surface area contributed by atoms with Crippen LogP contribution in [0.4, 0.5) is 18.9 Å². The second-order valence-corrected chi connectivity index (χ2v) is 14.6. The van der Waals surface area contributed by atoms with Crippen molar-refractivity contribution in [2.45, 2.75) is 135 Å². The molecule has 0 aliphatic carbocycles. The highest BCUT2D eigenvalue weighted by Crippen LogP contribution is 2.45. The standard InChI is InChI=1S/C40H49F3N2O22/c1-18(46)44-30-27(59-21(4)49)15-38(37(54)56-9,66-32(30)31(61-23(6)51)28(60-22(5)50)16-57-19(2)47)67-39(55)33(62-24(7)52)29(17-58-20(3)48)64-35(34(39)63-25(8)53)65-36(40(41,42)43)45-26-13-11-10-12-14-26/h10-14,27-35,55H,15-17H2,1-9H3,(H,44,46)/t27-,28+,29+,30+,31+,32+,33-,34-,35-,38-,39+/m0/s1. The summed E-state index contributed by atoms with van der Waals surface area (Å²) >= 11 is 0. The summed E-state index contributed by atoms with van der Waals surface area (Å²) in [5.74, 6) is -20.3. The van der Waals surface area contributed by atoms with Crippen LogP contribution in [0.2, 0.25) is 0 Å². The van der Waals surface area contributed by atoms with Crippen LogP contribution in [0.15, 0.2) is 35.3 Å². The molecule has 0 saturated carbocycles. The molecule has 67 heavy (non-hydrogen) atoms. The van der Waals surface area contributed by atoms with Crippen molar-refractivity contribution in [3.63, 3.8) is 0 Å². The molecule has 1 amide bonds. The third kappa shape index (κ3) is 15.3. The highest BCUT2D eigenvalue weighted by molar-refractivity contribution is 5.85. The SMILES string of the molecule is COC(=O)[C@@]1(O[C@@]2(O)[C@@H](OC(C)=O)[C@H](OC(=Nc3ccccc3)C(F)(F)F)O[C@H](COC(C)=O)[C@@H]2OC(C)=O)C[C@H](OC(C)=O)[C@@H](NC(C)=O)[C@H]([C@H](OC(C)=O)[C@@H](COC(C)=O)OC(C)=O)O1. The first-order valence-corrected chi connectivity index (χ1v) is 19.7. The van der Waals surface area contributed by atoms with Crippen molar-refractivity contribution >= 4 is 65.2 Å². The molecule has 24 nitrogen and oxygen atoms in total. The summed E-state index contributed by atoms with van der Waals surface area (Å²) in [6, 6.07) is 4.54. The summed E-state index contributed by atoms with van der Waals surface area (Å²) in [5, 5.41) is 15.4. The largest absolute Gasteiger partial charge is 0.468 e. The number of hydrogen-bond acceptors (Lipinski definition) is 23. The van der Waals surface area contributed by atoms with Crippen LogP contribution in [0.3, 0.4) is 0 Å². The van der Waals surface area contributed by atoms with Gasteiger partial charge in [0.1, 0.15) is 31.5 Å². The Morgan fingerprint density at radius 2 is 1.34 bits per heavy atom. The van der Waals surface area contributed by atoms with E-state index < -0.39 is 152 Å². The Morgan fingerprint density at radius 3 is 1.84 bits per heavy atom. The fourth-order valence-corrected chi connectivity index (χ4v) is 6.78. The van der Waals surface area contributed by atoms with Gasteiger partial charge in [-0.15, -0.1) is 0 Å². The molecule has 2 heterocycles. The van der Waals surface area contributed by atoms with Gasteiger partial charge in [0.2, 0.25) is 18.3 Å². The molecule has 11 atom stereocenters. The number of rotatable bonds is 17. The number of para-hydroxylation sites is 1. The molecule has 1 aromatic rings. The molecule has 372 valence electrons. The Bertz CT molecular complexity index is 2030. The van der Waals surface area contributed by atoms with E-state index in [9.17, 15) is 61.4 Å². The minimum atomic E-state index is -5.50. The summed E-state index contributed by atoms with van der Waals surface area (Å²) in [7, 11) is 0.713. The van der Waals surface area contributed by atoms with E-state index in [-0.39, 0.29) is 5.69 Å². The van der Waals surface area contributed by atoms with E-state index in [0.29, 0.717) is 14.0 Å². The van der Waals surface area contributed by atoms with E-state index >= 15 is 0 Å². The number of aliphatic imine (C=N–C) groups is 1. The Morgan fingerprint density at radius 1 is 0.776 bits per heavy atom. The number of halogens is 3. The Balaban J connectivity index is 2.52. The average molecular weight is 967 g/mol. The molecule has 2 aliphatic rings. The van der Waals surface area contributed by atoms with Crippen molar-refractivity contribution in [2.24, 2.45) is 4.99 Å². The van der Waals surface area contributed by atoms with Crippen LogP contribution >= 0.6 is 0 Å². The van der Waals surface area contributed by atoms with Crippen molar-refractivity contribution < 1.29 is 118 Å². The van der Waals surface area contributed by atoms with Gasteiger partial charge < -0.3 is 67.3 Å². The molecule has 2 aliphatic heterocycles. The minimum Gasteiger partial charge on any atom is -0.465 e. The van der Waals surface area contributed by atoms with Crippen molar-refractivity contribution in [1.82, 2.24) is 5.32 Å². The van der Waals surface area contributed by atoms with Gasteiger partial charge in [-0.2, -0.15) is 13.2 Å². The lowest BCUT2D eigenvalue weighted by molar-refractivity contribution is -0.447. The van der Waals surface area contributed by atoms with Crippen LogP contribution in [0.5, 0.6) is 0 Å². The van der Waals surface area contributed by atoms with Crippen LogP contribution in [-0.4, -0.2) is 158 Å². The zero-order valence-electron chi connectivity index (χ0n) is 37.3. The van der Waals surface area contributed by atoms with Gasteiger partial charge in [0, 0.05) is 55.4 Å². The second-order valence-electron chi connectivity index (χ2n) is 14.6. The fourth-order valence-electron chi connectivity index (χ4n) is 6.78. The molecule has 27 heteroatoms. The van der Waals surface area contributed by atoms with Gasteiger partial charge >= 0.3 is 53.9 Å². The number of ether oxygens (including phenoxy) is 12. The summed E-state index contributed by atoms with van der Waals surface area (Å²) < 4.78 is 109. The topological polar surface area (TPSA) is 309 Å². The number of alkyl halides is 3. The molecule has 0 spiro atoms. The number of nitrogens with zero attached hydrogens (tertiary/aromatic N) is 1. The van der Waals surface area contributed by atoms with Crippen molar-refractivity contribution in [2.75, 3.05) is 20.3 Å². The summed E-state index contributed by atoms with van der Waals surface area (Å²) in [4.78, 5) is 118. The quantitative estimate of drug-likeness (QED) is 0.0713. The second kappa shape index (κ2) is 23.3. The highest BCUT2D eigenvalue weighted by Gasteiger charge is 2.70. The zero-order valence-corrected chi connectivity index (χ0v) is 37.3. The molecule has 3 rings (SSSR count). The molecule has 1 aromatic carbocycles. The Labute approximate surface area is 378 Å². The Kier molecular flexibility index (Phi) is 19.1. The van der Waals surface area contributed by atoms with Crippen molar-refractivity contribution in [1.29, 1.82) is 0 Å². The summed E-state index contributed by atoms with van der Waals surface area (Å²) in [6.07, 6.45) is -25.5. The molecular formula is C40H49F3N2O22. The number of hydrogen-bond donors (Lipinski definition) is 2. The maximum absolute atomic E-state index is 14.8. The molecular weight excluding hydrogens is 917 g/mol. The first-order valence-electron chi connectivity index (χ1n) is 19.7. The molecule has 2 N–H and O–H groups in total. The van der Waals surface area contributed by atoms with Crippen molar-refractivity contribution in [3.05, 3.63) is 30.3 Å². The summed E-state index contributed by atoms with van der Waals surface area (Å²) in [5.41, 5.74) is -0.352. The normalized spacial score (nSPS) is 27.1. The number of benzene rings is 1. The average Bonchev–Trinajstić information content (AvgIpc) is 3.20. The van der Waals surface area contributed by atoms with E-state index in [4.69, 9.17) is 56.8 Å². The van der Waals surface area contributed by atoms with Gasteiger partial charge in [0.05, 0.1) is 25.3 Å². The van der Waals surface area contributed by atoms with Gasteiger partial charge in [0.15, 0.2) is 18.3 Å². The number of nitrogens with one attached hydrogen (secondary N) is 1. The summed E-state index contributed by atoms with van der Waals surface area (Å²) in [6.45, 7) is 4.75. The zero-order chi connectivity index (χ0) is 50.6. The number of methoxy groups -OCH3 is 1. The smallest absolute Gasteiger partial charge is 0.465 e. The van der Waals surface area contributed by atoms with Crippen LogP contribution in [-0.2, 0) is 100.0 Å². The lowest BCUT2D eigenvalue weighted by Crippen LogP contribution is -2.76. The minimum absolute atomic E-state index is 0.352. The molecule has 0 bridgehead atoms. The molecule has 2 fully saturated rings. The molecule has 0 radical (unpaired) electrons. The number of esters is 8. The van der Waals surface area contributed by atoms with Gasteiger partial charge in [0.25, 0.3) is 17.5 Å². The van der Waals surface area contributed by atoms with E-state index in [1.807, 2.05) is 0 Å². The van der Waals surface area contributed by atoms with Gasteiger partial charge in [-0.05, 0) is 12.1 Å². The maximum atomic E-state index is 14.8. The number of aliphatic hydroxyl groups is 1. The fraction of sp³-hybridized carbons (Fsp3) is 0.600.